The van der Waals surface area contributed by atoms with Gasteiger partial charge < -0.3 is 19.6 Å². The molecule has 0 bridgehead atoms. The van der Waals surface area contributed by atoms with E-state index >= 15 is 0 Å². The maximum Gasteiger partial charge on any atom is 0.259 e. The molecule has 190 valence electrons. The highest BCUT2D eigenvalue weighted by molar-refractivity contribution is 5.98. The largest absolute Gasteiger partial charge is 0.472 e. The van der Waals surface area contributed by atoms with Crippen molar-refractivity contribution in [3.63, 3.8) is 0 Å². The SMILES string of the molecule is C[C@H]1CN([C@@H](C)CO)C(=O)c2cc(-c3ccc(C#N)cc3)cnc2O[C@@H]1CN(C)C(=O)c1cccnc1. The number of ether oxygens (including phenoxy) is 1. The number of pyridine rings is 2. The van der Waals surface area contributed by atoms with E-state index in [1.54, 1.807) is 78.6 Å². The van der Waals surface area contributed by atoms with Gasteiger partial charge in [0.1, 0.15) is 11.7 Å². The predicted molar refractivity (Wildman–Crippen MR) is 137 cm³/mol. The number of hydrogen-bond acceptors (Lipinski definition) is 7. The average molecular weight is 500 g/mol. The molecule has 1 aliphatic heterocycles. The number of nitrogens with zero attached hydrogens (tertiary/aromatic N) is 5. The zero-order valence-electron chi connectivity index (χ0n) is 21.0. The van der Waals surface area contributed by atoms with Gasteiger partial charge in [0, 0.05) is 43.7 Å². The number of rotatable bonds is 6. The van der Waals surface area contributed by atoms with E-state index in [1.165, 1.54) is 6.20 Å². The molecule has 0 saturated heterocycles. The molecule has 0 unspecified atom stereocenters. The standard InChI is InChI=1S/C28H29N5O4/c1-18-15-33(19(2)17-34)28(36)24-11-23(21-8-6-20(12-29)7-9-21)14-31-26(24)37-25(18)16-32(3)27(35)22-5-4-10-30-13-22/h4-11,13-14,18-19,25,34H,15-17H2,1-3H3/t18-,19-,25+/m0/s1. The molecule has 3 atom stereocenters. The van der Waals surface area contributed by atoms with Crippen molar-refractivity contribution in [1.82, 2.24) is 19.8 Å². The van der Waals surface area contributed by atoms with Crippen molar-refractivity contribution in [3.8, 4) is 23.1 Å². The molecular formula is C28H29N5O4. The first-order chi connectivity index (χ1) is 17.8. The fourth-order valence-electron chi connectivity index (χ4n) is 4.28. The van der Waals surface area contributed by atoms with E-state index in [9.17, 15) is 14.7 Å². The number of carbonyl (C=O) groups excluding carboxylic acids is 2. The predicted octanol–water partition coefficient (Wildman–Crippen LogP) is 3.01. The number of benzene rings is 1. The Bertz CT molecular complexity index is 1310. The monoisotopic (exact) mass is 499 g/mol. The number of amides is 2. The van der Waals surface area contributed by atoms with Crippen molar-refractivity contribution in [2.75, 3.05) is 26.7 Å². The van der Waals surface area contributed by atoms with Gasteiger partial charge in [-0.3, -0.25) is 14.6 Å². The van der Waals surface area contributed by atoms with E-state index < -0.39 is 12.1 Å². The summed E-state index contributed by atoms with van der Waals surface area (Å²) in [5.41, 5.74) is 2.79. The van der Waals surface area contributed by atoms with Gasteiger partial charge in [-0.15, -0.1) is 0 Å². The van der Waals surface area contributed by atoms with Gasteiger partial charge in [-0.1, -0.05) is 19.1 Å². The summed E-state index contributed by atoms with van der Waals surface area (Å²) in [7, 11) is 1.70. The first kappa shape index (κ1) is 25.8. The maximum absolute atomic E-state index is 13.6. The van der Waals surface area contributed by atoms with Crippen LogP contribution in [-0.4, -0.2) is 75.6 Å². The van der Waals surface area contributed by atoms with Crippen LogP contribution in [0.1, 0.15) is 40.1 Å². The number of likely N-dealkylation sites (N-methyl/N-ethyl adjacent to an activating group) is 1. The summed E-state index contributed by atoms with van der Waals surface area (Å²) in [6.07, 6.45) is 4.30. The van der Waals surface area contributed by atoms with Gasteiger partial charge in [0.2, 0.25) is 5.88 Å². The van der Waals surface area contributed by atoms with E-state index in [-0.39, 0.29) is 42.3 Å². The molecule has 0 saturated carbocycles. The number of aliphatic hydroxyl groups excluding tert-OH is 1. The molecule has 37 heavy (non-hydrogen) atoms. The Morgan fingerprint density at radius 3 is 2.68 bits per heavy atom. The molecule has 9 nitrogen and oxygen atoms in total. The molecule has 1 N–H and O–H groups in total. The lowest BCUT2D eigenvalue weighted by Gasteiger charge is -2.37. The first-order valence-corrected chi connectivity index (χ1v) is 12.1. The van der Waals surface area contributed by atoms with Crippen LogP contribution >= 0.6 is 0 Å². The Morgan fingerprint density at radius 1 is 1.27 bits per heavy atom. The molecule has 9 heteroatoms. The topological polar surface area (TPSA) is 120 Å². The second-order valence-corrected chi connectivity index (χ2v) is 9.32. The Labute approximate surface area is 216 Å². The van der Waals surface area contributed by atoms with Crippen LogP contribution < -0.4 is 4.74 Å². The van der Waals surface area contributed by atoms with E-state index in [0.29, 0.717) is 23.2 Å². The summed E-state index contributed by atoms with van der Waals surface area (Å²) in [4.78, 5) is 38.3. The summed E-state index contributed by atoms with van der Waals surface area (Å²) in [5.74, 6) is -0.455. The van der Waals surface area contributed by atoms with Gasteiger partial charge >= 0.3 is 0 Å². The Kier molecular flexibility index (Phi) is 7.80. The molecule has 3 heterocycles. The third kappa shape index (κ3) is 5.60. The van der Waals surface area contributed by atoms with Crippen LogP contribution in [0.3, 0.4) is 0 Å². The first-order valence-electron chi connectivity index (χ1n) is 12.1. The summed E-state index contributed by atoms with van der Waals surface area (Å²) >= 11 is 0. The number of aromatic nitrogens is 2. The van der Waals surface area contributed by atoms with E-state index in [2.05, 4.69) is 16.0 Å². The lowest BCUT2D eigenvalue weighted by molar-refractivity contribution is 0.0313. The minimum absolute atomic E-state index is 0.157. The molecule has 1 aliphatic rings. The number of hydrogen-bond donors (Lipinski definition) is 1. The van der Waals surface area contributed by atoms with Crippen molar-refractivity contribution in [2.45, 2.75) is 26.0 Å². The van der Waals surface area contributed by atoms with Crippen LogP contribution in [0.25, 0.3) is 11.1 Å². The highest BCUT2D eigenvalue weighted by Crippen LogP contribution is 2.30. The number of aliphatic hydroxyl groups is 1. The van der Waals surface area contributed by atoms with E-state index in [1.807, 2.05) is 6.92 Å². The lowest BCUT2D eigenvalue weighted by atomic mass is 9.99. The minimum atomic E-state index is -0.459. The summed E-state index contributed by atoms with van der Waals surface area (Å²) in [6, 6.07) is 13.8. The van der Waals surface area contributed by atoms with Gasteiger partial charge in [0.05, 0.1) is 36.4 Å². The fourth-order valence-corrected chi connectivity index (χ4v) is 4.28. The number of nitriles is 1. The van der Waals surface area contributed by atoms with Crippen LogP contribution in [0.5, 0.6) is 5.88 Å². The van der Waals surface area contributed by atoms with Gasteiger partial charge in [-0.25, -0.2) is 4.98 Å². The molecule has 2 aromatic heterocycles. The molecule has 0 radical (unpaired) electrons. The van der Waals surface area contributed by atoms with Crippen molar-refractivity contribution < 1.29 is 19.4 Å². The lowest BCUT2D eigenvalue weighted by Crippen LogP contribution is -2.50. The number of fused-ring (bicyclic) bond motifs is 1. The second kappa shape index (κ2) is 11.2. The molecule has 0 fully saturated rings. The number of carbonyl (C=O) groups is 2. The summed E-state index contributed by atoms with van der Waals surface area (Å²) < 4.78 is 6.29. The molecule has 1 aromatic carbocycles. The zero-order valence-corrected chi connectivity index (χ0v) is 21.0. The molecule has 0 spiro atoms. The Hall–Kier alpha value is -4.29. The van der Waals surface area contributed by atoms with Gasteiger partial charge in [-0.05, 0) is 42.8 Å². The minimum Gasteiger partial charge on any atom is -0.472 e. The third-order valence-electron chi connectivity index (χ3n) is 6.58. The highest BCUT2D eigenvalue weighted by atomic mass is 16.5. The highest BCUT2D eigenvalue weighted by Gasteiger charge is 2.35. The second-order valence-electron chi connectivity index (χ2n) is 9.32. The maximum atomic E-state index is 13.6. The van der Waals surface area contributed by atoms with Crippen LogP contribution in [0.4, 0.5) is 0 Å². The molecule has 3 aromatic rings. The van der Waals surface area contributed by atoms with E-state index in [4.69, 9.17) is 10.00 Å². The van der Waals surface area contributed by atoms with Crippen molar-refractivity contribution in [2.24, 2.45) is 5.92 Å². The van der Waals surface area contributed by atoms with Gasteiger partial charge in [0.25, 0.3) is 11.8 Å². The zero-order chi connectivity index (χ0) is 26.5. The van der Waals surface area contributed by atoms with E-state index in [0.717, 1.165) is 5.56 Å². The fraction of sp³-hybridized carbons (Fsp3) is 0.321. The van der Waals surface area contributed by atoms with Crippen LogP contribution in [0.2, 0.25) is 0 Å². The molecular weight excluding hydrogens is 470 g/mol. The normalized spacial score (nSPS) is 18.0. The molecule has 2 amide bonds. The van der Waals surface area contributed by atoms with Crippen LogP contribution in [0.15, 0.2) is 61.1 Å². The van der Waals surface area contributed by atoms with Crippen molar-refractivity contribution in [3.05, 3.63) is 77.7 Å². The van der Waals surface area contributed by atoms with Crippen molar-refractivity contribution in [1.29, 1.82) is 5.26 Å². The van der Waals surface area contributed by atoms with Gasteiger partial charge in [0.15, 0.2) is 0 Å². The third-order valence-corrected chi connectivity index (χ3v) is 6.58. The van der Waals surface area contributed by atoms with Crippen molar-refractivity contribution >= 4 is 11.8 Å². The Balaban J connectivity index is 1.68. The average Bonchev–Trinajstić information content (AvgIpc) is 2.94. The summed E-state index contributed by atoms with van der Waals surface area (Å²) in [6.45, 7) is 4.15. The summed E-state index contributed by atoms with van der Waals surface area (Å²) in [5, 5.41) is 19.0. The quantitative estimate of drug-likeness (QED) is 0.554. The smallest absolute Gasteiger partial charge is 0.259 e. The van der Waals surface area contributed by atoms with Crippen LogP contribution in [0, 0.1) is 17.2 Å². The Morgan fingerprint density at radius 2 is 2.03 bits per heavy atom. The molecule has 4 rings (SSSR count). The molecule has 0 aliphatic carbocycles. The van der Waals surface area contributed by atoms with Gasteiger partial charge in [-0.2, -0.15) is 5.26 Å². The van der Waals surface area contributed by atoms with Crippen LogP contribution in [-0.2, 0) is 0 Å².